The quantitative estimate of drug-likeness (QED) is 0.126. The summed E-state index contributed by atoms with van der Waals surface area (Å²) < 4.78 is 43.0. The Kier molecular flexibility index (Phi) is 6.60. The van der Waals surface area contributed by atoms with Crippen LogP contribution >= 0.6 is 67.8 Å². The normalized spacial score (nSPS) is 28.7. The van der Waals surface area contributed by atoms with Gasteiger partial charge in [0.15, 0.2) is 0 Å². The Morgan fingerprint density at radius 3 is 2.12 bits per heavy atom. The fraction of sp³-hybridized carbons (Fsp3) is 0.435. The van der Waals surface area contributed by atoms with E-state index in [1.165, 1.54) is 18.6 Å². The topological polar surface area (TPSA) is 80.7 Å². The van der Waals surface area contributed by atoms with Gasteiger partial charge in [0.2, 0.25) is 0 Å². The number of hydrogen-bond acceptors (Lipinski definition) is 4. The van der Waals surface area contributed by atoms with Crippen LogP contribution in [0.1, 0.15) is 53.9 Å². The number of rotatable bonds is 4. The molecule has 4 aliphatic carbocycles. The van der Waals surface area contributed by atoms with E-state index in [9.17, 15) is 17.8 Å². The molecule has 0 heterocycles. The smallest absolute Gasteiger partial charge is 0.343 e. The molecule has 170 valence electrons. The maximum atomic E-state index is 13.0. The first-order chi connectivity index (χ1) is 15.1. The summed E-state index contributed by atoms with van der Waals surface area (Å²) in [6.07, 6.45) is 5.73. The van der Waals surface area contributed by atoms with Crippen LogP contribution in [0.2, 0.25) is 0 Å². The summed E-state index contributed by atoms with van der Waals surface area (Å²) in [4.78, 5) is 13.0. The van der Waals surface area contributed by atoms with Crippen LogP contribution in [-0.4, -0.2) is 18.9 Å². The maximum absolute atomic E-state index is 13.0. The number of esters is 1. The minimum Gasteiger partial charge on any atom is -0.422 e. The maximum Gasteiger partial charge on any atom is 0.343 e. The van der Waals surface area contributed by atoms with E-state index in [1.807, 2.05) is 6.07 Å². The van der Waals surface area contributed by atoms with Gasteiger partial charge in [-0.05, 0) is 165 Å². The van der Waals surface area contributed by atoms with Gasteiger partial charge in [0, 0.05) is 7.14 Å². The summed E-state index contributed by atoms with van der Waals surface area (Å²) in [5.74, 6) is 2.32. The van der Waals surface area contributed by atoms with E-state index in [0.717, 1.165) is 48.2 Å². The van der Waals surface area contributed by atoms with Crippen LogP contribution < -0.4 is 4.74 Å². The van der Waals surface area contributed by atoms with E-state index >= 15 is 0 Å². The Morgan fingerprint density at radius 1 is 0.906 bits per heavy atom. The first-order valence-corrected chi connectivity index (χ1v) is 15.3. The predicted molar refractivity (Wildman–Crippen MR) is 146 cm³/mol. The molecule has 0 spiro atoms. The molecular formula is C23H21I3O5S. The van der Waals surface area contributed by atoms with E-state index in [4.69, 9.17) is 4.74 Å². The predicted octanol–water partition coefficient (Wildman–Crippen LogP) is 6.51. The minimum atomic E-state index is -4.39. The van der Waals surface area contributed by atoms with Gasteiger partial charge in [0.1, 0.15) is 5.75 Å². The van der Waals surface area contributed by atoms with Crippen LogP contribution in [0.4, 0.5) is 0 Å². The molecule has 2 aromatic carbocycles. The fourth-order valence-corrected chi connectivity index (χ4v) is 9.07. The SMILES string of the molecule is O=C(Oc1ccc(I)c(I)c1I)c1ccc(S(=O)(=O)O)c(C2C3CC4CC(C3)CC2C4)c1. The zero-order valence-electron chi connectivity index (χ0n) is 16.9. The highest BCUT2D eigenvalue weighted by atomic mass is 127. The second-order valence-electron chi connectivity index (χ2n) is 9.25. The lowest BCUT2D eigenvalue weighted by atomic mass is 9.50. The molecule has 0 atom stereocenters. The average Bonchev–Trinajstić information content (AvgIpc) is 2.72. The molecule has 1 N–H and O–H groups in total. The van der Waals surface area contributed by atoms with E-state index in [2.05, 4.69) is 67.8 Å². The molecule has 0 saturated heterocycles. The molecule has 0 aromatic heterocycles. The van der Waals surface area contributed by atoms with Crippen LogP contribution in [0.5, 0.6) is 5.75 Å². The van der Waals surface area contributed by atoms with Crippen molar-refractivity contribution in [2.45, 2.75) is 42.9 Å². The third kappa shape index (κ3) is 4.37. The highest BCUT2D eigenvalue weighted by Gasteiger charge is 2.49. The lowest BCUT2D eigenvalue weighted by Gasteiger charge is -2.54. The van der Waals surface area contributed by atoms with Crippen molar-refractivity contribution in [3.05, 3.63) is 52.2 Å². The van der Waals surface area contributed by atoms with Gasteiger partial charge in [-0.2, -0.15) is 8.42 Å². The van der Waals surface area contributed by atoms with Gasteiger partial charge in [0.05, 0.1) is 14.0 Å². The third-order valence-corrected chi connectivity index (χ3v) is 13.4. The Labute approximate surface area is 228 Å². The average molecular weight is 790 g/mol. The summed E-state index contributed by atoms with van der Waals surface area (Å²) >= 11 is 6.62. The second kappa shape index (κ2) is 8.90. The van der Waals surface area contributed by atoms with Crippen LogP contribution in [0.3, 0.4) is 0 Å². The molecule has 6 rings (SSSR count). The van der Waals surface area contributed by atoms with Crippen molar-refractivity contribution in [1.29, 1.82) is 0 Å². The lowest BCUT2D eigenvalue weighted by molar-refractivity contribution is -0.00372. The van der Waals surface area contributed by atoms with Gasteiger partial charge < -0.3 is 4.74 Å². The van der Waals surface area contributed by atoms with E-state index in [-0.39, 0.29) is 10.8 Å². The fourth-order valence-electron chi connectivity index (χ4n) is 6.35. The number of ether oxygens (including phenoxy) is 1. The summed E-state index contributed by atoms with van der Waals surface area (Å²) in [5, 5.41) is 0. The third-order valence-electron chi connectivity index (χ3n) is 7.31. The van der Waals surface area contributed by atoms with Crippen molar-refractivity contribution >= 4 is 83.9 Å². The molecule has 9 heteroatoms. The Hall–Kier alpha value is 0.01000. The molecule has 4 aliphatic rings. The molecule has 4 saturated carbocycles. The van der Waals surface area contributed by atoms with Crippen molar-refractivity contribution in [2.75, 3.05) is 0 Å². The number of carbonyl (C=O) groups excluding carboxylic acids is 1. The minimum absolute atomic E-state index is 0.0619. The van der Waals surface area contributed by atoms with Crippen molar-refractivity contribution in [3.63, 3.8) is 0 Å². The molecule has 0 aliphatic heterocycles. The van der Waals surface area contributed by atoms with Gasteiger partial charge in [-0.1, -0.05) is 0 Å². The summed E-state index contributed by atoms with van der Waals surface area (Å²) in [6.45, 7) is 0. The number of hydrogen-bond donors (Lipinski definition) is 1. The summed E-state index contributed by atoms with van der Waals surface area (Å²) in [7, 11) is -4.39. The Balaban J connectivity index is 1.52. The number of benzene rings is 2. The van der Waals surface area contributed by atoms with Crippen molar-refractivity contribution in [2.24, 2.45) is 23.7 Å². The molecule has 2 aromatic rings. The molecule has 0 radical (unpaired) electrons. The van der Waals surface area contributed by atoms with Crippen molar-refractivity contribution < 1.29 is 22.5 Å². The lowest BCUT2D eigenvalue weighted by Crippen LogP contribution is -2.44. The van der Waals surface area contributed by atoms with Crippen LogP contribution in [-0.2, 0) is 10.1 Å². The molecule has 5 nitrogen and oxygen atoms in total. The first-order valence-electron chi connectivity index (χ1n) is 10.6. The summed E-state index contributed by atoms with van der Waals surface area (Å²) in [5.41, 5.74) is 0.896. The highest BCUT2D eigenvalue weighted by molar-refractivity contribution is 14.1. The number of halogens is 3. The molecule has 32 heavy (non-hydrogen) atoms. The van der Waals surface area contributed by atoms with Gasteiger partial charge in [-0.15, -0.1) is 0 Å². The largest absolute Gasteiger partial charge is 0.422 e. The van der Waals surface area contributed by atoms with E-state index in [0.29, 0.717) is 28.7 Å². The molecule has 4 fully saturated rings. The zero-order valence-corrected chi connectivity index (χ0v) is 24.2. The second-order valence-corrected chi connectivity index (χ2v) is 14.0. The standard InChI is InChI=1S/C23H21I3O5S/c24-17-2-3-18(22(26)21(17)25)31-23(27)13-1-4-19(32(28,29)30)16(10-13)20-14-6-11-5-12(8-14)9-15(20)7-11/h1-4,10-12,14-15,20H,5-9H2,(H,28,29,30). The highest BCUT2D eigenvalue weighted by Crippen LogP contribution is 2.60. The van der Waals surface area contributed by atoms with Crippen molar-refractivity contribution in [3.8, 4) is 5.75 Å². The van der Waals surface area contributed by atoms with E-state index < -0.39 is 16.1 Å². The first kappa shape index (κ1) is 23.7. The van der Waals surface area contributed by atoms with Gasteiger partial charge in [0.25, 0.3) is 10.1 Å². The molecule has 0 unspecified atom stereocenters. The zero-order chi connectivity index (χ0) is 22.8. The molecule has 4 bridgehead atoms. The Bertz CT molecular complexity index is 1180. The van der Waals surface area contributed by atoms with E-state index in [1.54, 1.807) is 12.1 Å². The molecule has 0 amide bonds. The van der Waals surface area contributed by atoms with Gasteiger partial charge >= 0.3 is 5.97 Å². The van der Waals surface area contributed by atoms with Crippen LogP contribution in [0.15, 0.2) is 35.2 Å². The van der Waals surface area contributed by atoms with Gasteiger partial charge in [-0.25, -0.2) is 4.79 Å². The number of carbonyl (C=O) groups is 1. The monoisotopic (exact) mass is 790 g/mol. The molecular weight excluding hydrogens is 769 g/mol. The van der Waals surface area contributed by atoms with Crippen LogP contribution in [0, 0.1) is 34.4 Å². The van der Waals surface area contributed by atoms with Crippen molar-refractivity contribution in [1.82, 2.24) is 0 Å². The summed E-state index contributed by atoms with van der Waals surface area (Å²) in [6, 6.07) is 8.14. The Morgan fingerprint density at radius 2 is 1.53 bits per heavy atom. The van der Waals surface area contributed by atoms with Gasteiger partial charge in [-0.3, -0.25) is 4.55 Å². The van der Waals surface area contributed by atoms with Crippen LogP contribution in [0.25, 0.3) is 0 Å².